The number of urea groups is 1. The fourth-order valence-electron chi connectivity index (χ4n) is 6.05. The van der Waals surface area contributed by atoms with Crippen molar-refractivity contribution >= 4 is 12.0 Å². The van der Waals surface area contributed by atoms with Crippen molar-refractivity contribution < 1.29 is 4.79 Å². The summed E-state index contributed by atoms with van der Waals surface area (Å²) in [6.45, 7) is 11.2. The first kappa shape index (κ1) is 24.2. The van der Waals surface area contributed by atoms with E-state index in [1.165, 1.54) is 44.3 Å². The summed E-state index contributed by atoms with van der Waals surface area (Å²) in [7, 11) is 0. The molecule has 2 saturated heterocycles. The number of rotatable bonds is 7. The molecule has 1 aliphatic carbocycles. The predicted molar refractivity (Wildman–Crippen MR) is 132 cm³/mol. The van der Waals surface area contributed by atoms with E-state index in [1.54, 1.807) is 0 Å². The van der Waals surface area contributed by atoms with Crippen LogP contribution in [0, 0.1) is 5.92 Å². The molecule has 33 heavy (non-hydrogen) atoms. The molecule has 0 aromatic carbocycles. The van der Waals surface area contributed by atoms with E-state index < -0.39 is 0 Å². The van der Waals surface area contributed by atoms with E-state index >= 15 is 0 Å². The number of nitrogens with zero attached hydrogens (tertiary/aromatic N) is 5. The monoisotopic (exact) mass is 457 g/mol. The van der Waals surface area contributed by atoms with Crippen LogP contribution in [0.5, 0.6) is 0 Å². The molecule has 3 atom stereocenters. The summed E-state index contributed by atoms with van der Waals surface area (Å²) < 4.78 is 0. The molecule has 8 nitrogen and oxygen atoms in total. The highest BCUT2D eigenvalue weighted by Gasteiger charge is 2.40. The molecule has 3 aliphatic rings. The average Bonchev–Trinajstić information content (AvgIpc) is 3.07. The van der Waals surface area contributed by atoms with Crippen LogP contribution in [0.2, 0.25) is 0 Å². The minimum atomic E-state index is 0.0926. The van der Waals surface area contributed by atoms with E-state index in [4.69, 9.17) is 5.73 Å². The number of nitrogen functional groups attached to an aromatic ring is 1. The molecule has 3 N–H and O–H groups in total. The zero-order valence-electron chi connectivity index (χ0n) is 20.6. The zero-order chi connectivity index (χ0) is 23.2. The molecule has 0 spiro atoms. The van der Waals surface area contributed by atoms with Gasteiger partial charge < -0.3 is 20.9 Å². The van der Waals surface area contributed by atoms with Gasteiger partial charge in [0, 0.05) is 50.2 Å². The van der Waals surface area contributed by atoms with Crippen molar-refractivity contribution in [2.75, 3.05) is 51.5 Å². The Kier molecular flexibility index (Phi) is 8.41. The number of piperidine rings is 1. The van der Waals surface area contributed by atoms with Gasteiger partial charge in [-0.05, 0) is 76.6 Å². The molecule has 2 fully saturated rings. The minimum absolute atomic E-state index is 0.0926. The number of likely N-dealkylation sites (N-methyl/N-ethyl adjacent to an activating group) is 1. The minimum Gasteiger partial charge on any atom is -0.368 e. The number of carbonyl (C=O) groups excluding carboxylic acids is 1. The van der Waals surface area contributed by atoms with Gasteiger partial charge in [0.2, 0.25) is 5.95 Å². The Morgan fingerprint density at radius 1 is 1.18 bits per heavy atom. The normalized spacial score (nSPS) is 26.2. The number of fused-ring (bicyclic) bond motifs is 2. The third-order valence-corrected chi connectivity index (χ3v) is 7.80. The first-order valence-electron chi connectivity index (χ1n) is 13.2. The van der Waals surface area contributed by atoms with E-state index in [0.717, 1.165) is 64.1 Å². The molecule has 184 valence electrons. The molecule has 0 bridgehead atoms. The molecule has 1 aromatic heterocycles. The molecule has 0 radical (unpaired) electrons. The fraction of sp³-hybridized carbons (Fsp3) is 0.800. The Bertz CT molecular complexity index is 780. The van der Waals surface area contributed by atoms with Gasteiger partial charge in [0.25, 0.3) is 0 Å². The Morgan fingerprint density at radius 2 is 1.97 bits per heavy atom. The van der Waals surface area contributed by atoms with Crippen molar-refractivity contribution in [2.45, 2.75) is 77.3 Å². The van der Waals surface area contributed by atoms with E-state index in [9.17, 15) is 4.79 Å². The second-order valence-electron chi connectivity index (χ2n) is 10.1. The lowest BCUT2D eigenvalue weighted by Crippen LogP contribution is -2.59. The second kappa shape index (κ2) is 11.5. The van der Waals surface area contributed by atoms with Gasteiger partial charge in [0.15, 0.2) is 0 Å². The zero-order valence-corrected chi connectivity index (χ0v) is 20.6. The van der Waals surface area contributed by atoms with Crippen LogP contribution in [-0.4, -0.2) is 88.6 Å². The van der Waals surface area contributed by atoms with Crippen LogP contribution in [0.1, 0.15) is 63.6 Å². The number of likely N-dealkylation sites (tertiary alicyclic amines) is 2. The fourth-order valence-corrected chi connectivity index (χ4v) is 6.05. The molecule has 4 rings (SSSR count). The Balaban J connectivity index is 1.36. The largest absolute Gasteiger partial charge is 0.368 e. The maximum Gasteiger partial charge on any atom is 0.317 e. The number of amides is 2. The summed E-state index contributed by atoms with van der Waals surface area (Å²) in [4.78, 5) is 29.1. The van der Waals surface area contributed by atoms with E-state index in [0.29, 0.717) is 17.9 Å². The van der Waals surface area contributed by atoms with Gasteiger partial charge >= 0.3 is 6.03 Å². The molecule has 0 unspecified atom stereocenters. The summed E-state index contributed by atoms with van der Waals surface area (Å²) in [5.41, 5.74) is 8.19. The van der Waals surface area contributed by atoms with Crippen molar-refractivity contribution in [3.8, 4) is 0 Å². The highest BCUT2D eigenvalue weighted by atomic mass is 16.2. The van der Waals surface area contributed by atoms with Crippen molar-refractivity contribution in [1.29, 1.82) is 0 Å². The number of hydrogen-bond donors (Lipinski definition) is 2. The number of carbonyl (C=O) groups is 1. The molecule has 2 aliphatic heterocycles. The van der Waals surface area contributed by atoms with Crippen LogP contribution in [-0.2, 0) is 12.8 Å². The van der Waals surface area contributed by atoms with Gasteiger partial charge in [0.1, 0.15) is 0 Å². The summed E-state index contributed by atoms with van der Waals surface area (Å²) in [5, 5.41) is 3.40. The van der Waals surface area contributed by atoms with Gasteiger partial charge in [0.05, 0.1) is 0 Å². The summed E-state index contributed by atoms with van der Waals surface area (Å²) in [6, 6.07) is 0.774. The van der Waals surface area contributed by atoms with Crippen molar-refractivity contribution in [3.63, 3.8) is 0 Å². The first-order valence-corrected chi connectivity index (χ1v) is 13.2. The highest BCUT2D eigenvalue weighted by molar-refractivity contribution is 5.74. The maximum atomic E-state index is 13.2. The maximum absolute atomic E-state index is 13.2. The molecular formula is C25H43N7O. The Hall–Kier alpha value is -1.93. The highest BCUT2D eigenvalue weighted by Crippen LogP contribution is 2.34. The first-order chi connectivity index (χ1) is 16.1. The molecular weight excluding hydrogens is 414 g/mol. The number of nitrogens with one attached hydrogen (secondary N) is 1. The van der Waals surface area contributed by atoms with Crippen LogP contribution in [0.4, 0.5) is 10.7 Å². The third-order valence-electron chi connectivity index (χ3n) is 7.80. The van der Waals surface area contributed by atoms with Gasteiger partial charge in [-0.3, -0.25) is 4.90 Å². The lowest BCUT2D eigenvalue weighted by molar-refractivity contribution is 0.0623. The quantitative estimate of drug-likeness (QED) is 0.654. The average molecular weight is 458 g/mol. The van der Waals surface area contributed by atoms with Crippen LogP contribution in [0.3, 0.4) is 0 Å². The van der Waals surface area contributed by atoms with Crippen LogP contribution in [0.15, 0.2) is 6.20 Å². The topological polar surface area (TPSA) is 90.6 Å². The summed E-state index contributed by atoms with van der Waals surface area (Å²) in [5.74, 6) is 0.853. The molecule has 3 heterocycles. The molecule has 1 aromatic rings. The van der Waals surface area contributed by atoms with Crippen LogP contribution < -0.4 is 11.1 Å². The third kappa shape index (κ3) is 6.15. The predicted octanol–water partition coefficient (Wildman–Crippen LogP) is 2.53. The van der Waals surface area contributed by atoms with Gasteiger partial charge in [-0.1, -0.05) is 19.8 Å². The van der Waals surface area contributed by atoms with Crippen molar-refractivity contribution in [2.24, 2.45) is 5.92 Å². The number of anilines is 1. The number of hydrogen-bond acceptors (Lipinski definition) is 6. The van der Waals surface area contributed by atoms with E-state index in [2.05, 4.69) is 38.9 Å². The SMILES string of the molecule is CCCN1C[C@@H](NC(=O)N(CC)CCN2CCCCCC2)C[C@@H]2Cc3nc(N)ncc3C[C@H]21. The Morgan fingerprint density at radius 3 is 2.70 bits per heavy atom. The smallest absolute Gasteiger partial charge is 0.317 e. The molecule has 2 amide bonds. The lowest BCUT2D eigenvalue weighted by atomic mass is 9.76. The second-order valence-corrected chi connectivity index (χ2v) is 10.1. The van der Waals surface area contributed by atoms with E-state index in [-0.39, 0.29) is 12.1 Å². The van der Waals surface area contributed by atoms with Gasteiger partial charge in [-0.2, -0.15) is 0 Å². The van der Waals surface area contributed by atoms with Crippen LogP contribution >= 0.6 is 0 Å². The van der Waals surface area contributed by atoms with E-state index in [1.807, 2.05) is 11.1 Å². The molecule has 8 heteroatoms. The number of nitrogens with two attached hydrogens (primary N) is 1. The van der Waals surface area contributed by atoms with Crippen LogP contribution in [0.25, 0.3) is 0 Å². The van der Waals surface area contributed by atoms with Gasteiger partial charge in [-0.15, -0.1) is 0 Å². The summed E-state index contributed by atoms with van der Waals surface area (Å²) in [6.07, 6.45) is 11.2. The molecule has 0 saturated carbocycles. The summed E-state index contributed by atoms with van der Waals surface area (Å²) >= 11 is 0. The standard InChI is InChI=1S/C25H43N7O/c1-3-9-32-18-21(14-19-15-22-20(16-23(19)32)17-27-24(26)29-22)28-25(33)31(4-2)13-12-30-10-7-5-6-8-11-30/h17,19,21,23H,3-16,18H2,1-2H3,(H,28,33)(H2,26,27,29)/t19-,21+,23-/m1/s1. The lowest BCUT2D eigenvalue weighted by Gasteiger charge is -2.47. The van der Waals surface area contributed by atoms with Crippen molar-refractivity contribution in [1.82, 2.24) is 30.0 Å². The Labute approximate surface area is 199 Å². The van der Waals surface area contributed by atoms with Crippen molar-refractivity contribution in [3.05, 3.63) is 17.5 Å². The number of aromatic nitrogens is 2. The van der Waals surface area contributed by atoms with Gasteiger partial charge in [-0.25, -0.2) is 14.8 Å².